The third-order valence-electron chi connectivity index (χ3n) is 5.20. The molecule has 0 atom stereocenters. The molecule has 29 heavy (non-hydrogen) atoms. The molecule has 1 aliphatic heterocycles. The van der Waals surface area contributed by atoms with Crippen molar-refractivity contribution in [3.8, 4) is 0 Å². The third kappa shape index (κ3) is 3.07. The Bertz CT molecular complexity index is 1270. The van der Waals surface area contributed by atoms with Crippen molar-refractivity contribution in [3.63, 3.8) is 0 Å². The zero-order valence-corrected chi connectivity index (χ0v) is 16.2. The Kier molecular flexibility index (Phi) is 4.13. The normalized spacial score (nSPS) is 14.6. The Hall–Kier alpha value is -3.53. The second-order valence-corrected chi connectivity index (χ2v) is 7.05. The molecule has 1 N–H and O–H groups in total. The summed E-state index contributed by atoms with van der Waals surface area (Å²) in [4.78, 5) is 23.8. The van der Waals surface area contributed by atoms with Gasteiger partial charge in [0, 0.05) is 32.4 Å². The van der Waals surface area contributed by atoms with Gasteiger partial charge in [0.2, 0.25) is 5.95 Å². The molecule has 1 saturated heterocycles. The molecule has 0 aliphatic carbocycles. The van der Waals surface area contributed by atoms with Crippen molar-refractivity contribution in [3.05, 3.63) is 46.8 Å². The number of hydrogen-bond donors (Lipinski definition) is 1. The first-order valence-corrected chi connectivity index (χ1v) is 9.36. The van der Waals surface area contributed by atoms with E-state index < -0.39 is 0 Å². The van der Waals surface area contributed by atoms with E-state index in [-0.39, 0.29) is 5.56 Å². The Morgan fingerprint density at radius 2 is 2.03 bits per heavy atom. The molecule has 10 nitrogen and oxygen atoms in total. The van der Waals surface area contributed by atoms with Crippen LogP contribution in [0.25, 0.3) is 16.7 Å². The predicted molar refractivity (Wildman–Crippen MR) is 109 cm³/mol. The van der Waals surface area contributed by atoms with Crippen molar-refractivity contribution >= 4 is 34.0 Å². The summed E-state index contributed by atoms with van der Waals surface area (Å²) in [5, 5.41) is 11.3. The zero-order chi connectivity index (χ0) is 20.0. The van der Waals surface area contributed by atoms with Crippen LogP contribution < -0.4 is 15.8 Å². The maximum absolute atomic E-state index is 12.4. The van der Waals surface area contributed by atoms with Gasteiger partial charge in [0.25, 0.3) is 5.56 Å². The minimum absolute atomic E-state index is 0.0859. The highest BCUT2D eigenvalue weighted by molar-refractivity contribution is 5.88. The van der Waals surface area contributed by atoms with Crippen LogP contribution in [0.15, 0.2) is 35.6 Å². The van der Waals surface area contributed by atoms with Crippen LogP contribution in [0.4, 0.5) is 17.3 Å². The van der Waals surface area contributed by atoms with Gasteiger partial charge in [0.1, 0.15) is 11.8 Å². The van der Waals surface area contributed by atoms with Gasteiger partial charge in [-0.2, -0.15) is 0 Å². The van der Waals surface area contributed by atoms with Crippen molar-refractivity contribution in [2.45, 2.75) is 6.92 Å². The van der Waals surface area contributed by atoms with Gasteiger partial charge in [-0.3, -0.25) is 9.20 Å². The van der Waals surface area contributed by atoms with Gasteiger partial charge in [0.15, 0.2) is 5.65 Å². The Morgan fingerprint density at radius 3 is 2.86 bits per heavy atom. The van der Waals surface area contributed by atoms with Gasteiger partial charge in [-0.15, -0.1) is 10.2 Å². The molecule has 5 heterocycles. The van der Waals surface area contributed by atoms with Crippen molar-refractivity contribution in [1.82, 2.24) is 29.1 Å². The number of nitrogens with one attached hydrogen (secondary N) is 1. The first-order chi connectivity index (χ1) is 14.1. The average molecular weight is 392 g/mol. The third-order valence-corrected chi connectivity index (χ3v) is 5.20. The summed E-state index contributed by atoms with van der Waals surface area (Å²) in [5.74, 6) is 0.459. The largest absolute Gasteiger partial charge is 0.378 e. The number of hydrogen-bond acceptors (Lipinski definition) is 8. The fourth-order valence-electron chi connectivity index (χ4n) is 3.53. The Morgan fingerprint density at radius 1 is 1.21 bits per heavy atom. The number of aryl methyl sites for hydroxylation is 2. The summed E-state index contributed by atoms with van der Waals surface area (Å²) in [7, 11) is 1.73. The lowest BCUT2D eigenvalue weighted by Gasteiger charge is -2.29. The van der Waals surface area contributed by atoms with Crippen LogP contribution in [0.2, 0.25) is 0 Å². The summed E-state index contributed by atoms with van der Waals surface area (Å²) in [6.45, 7) is 4.69. The van der Waals surface area contributed by atoms with Crippen LogP contribution in [-0.2, 0) is 11.8 Å². The van der Waals surface area contributed by atoms with E-state index >= 15 is 0 Å². The molecule has 0 aromatic carbocycles. The van der Waals surface area contributed by atoms with Crippen LogP contribution in [0, 0.1) is 6.92 Å². The number of nitrogens with zero attached hydrogens (tertiary/aromatic N) is 7. The number of aromatic nitrogens is 6. The lowest BCUT2D eigenvalue weighted by atomic mass is 10.2. The van der Waals surface area contributed by atoms with Crippen molar-refractivity contribution < 1.29 is 4.74 Å². The molecule has 0 unspecified atom stereocenters. The molecule has 10 heteroatoms. The molecular formula is C19H20N8O2. The lowest BCUT2D eigenvalue weighted by molar-refractivity contribution is 0.123. The maximum Gasteiger partial charge on any atom is 0.252 e. The molecule has 5 rings (SSSR count). The summed E-state index contributed by atoms with van der Waals surface area (Å²) in [6.07, 6.45) is 5.23. The first-order valence-electron chi connectivity index (χ1n) is 9.36. The van der Waals surface area contributed by atoms with E-state index in [2.05, 4.69) is 25.4 Å². The molecule has 0 spiro atoms. The molecular weight excluding hydrogens is 372 g/mol. The predicted octanol–water partition coefficient (Wildman–Crippen LogP) is 1.26. The zero-order valence-electron chi connectivity index (χ0n) is 16.2. The second kappa shape index (κ2) is 6.82. The topological polar surface area (TPSA) is 102 Å². The van der Waals surface area contributed by atoms with E-state index in [1.54, 1.807) is 30.2 Å². The average Bonchev–Trinajstić information content (AvgIpc) is 3.18. The number of rotatable bonds is 3. The summed E-state index contributed by atoms with van der Waals surface area (Å²) in [6, 6.07) is 3.58. The number of ether oxygens (including phenoxy) is 1. The summed E-state index contributed by atoms with van der Waals surface area (Å²) >= 11 is 0. The second-order valence-electron chi connectivity index (χ2n) is 7.05. The maximum atomic E-state index is 12.4. The Labute approximate surface area is 165 Å². The standard InChI is InChI=1S/C19H20N8O2/c1-12-7-16-24-21-11-27(16)10-13(12)22-19-20-9-15-18(23-19)14(8-17(28)25(15)2)26-3-5-29-6-4-26/h7-11H,3-6H2,1-2H3,(H,20,22,23). The van der Waals surface area contributed by atoms with Gasteiger partial charge in [-0.05, 0) is 18.6 Å². The molecule has 0 bridgehead atoms. The van der Waals surface area contributed by atoms with E-state index in [1.807, 2.05) is 23.6 Å². The molecule has 4 aromatic rings. The van der Waals surface area contributed by atoms with Crippen LogP contribution >= 0.6 is 0 Å². The minimum Gasteiger partial charge on any atom is -0.378 e. The van der Waals surface area contributed by atoms with Gasteiger partial charge in [-0.25, -0.2) is 9.97 Å². The number of anilines is 3. The smallest absolute Gasteiger partial charge is 0.252 e. The van der Waals surface area contributed by atoms with Gasteiger partial charge >= 0.3 is 0 Å². The van der Waals surface area contributed by atoms with Crippen molar-refractivity contribution in [2.24, 2.45) is 7.05 Å². The fraction of sp³-hybridized carbons (Fsp3) is 0.316. The van der Waals surface area contributed by atoms with E-state index in [0.29, 0.717) is 24.7 Å². The van der Waals surface area contributed by atoms with E-state index in [1.165, 1.54) is 0 Å². The van der Waals surface area contributed by atoms with Gasteiger partial charge in [-0.1, -0.05) is 0 Å². The lowest BCUT2D eigenvalue weighted by Crippen LogP contribution is -2.37. The minimum atomic E-state index is -0.0859. The van der Waals surface area contributed by atoms with Crippen molar-refractivity contribution in [1.29, 1.82) is 0 Å². The number of fused-ring (bicyclic) bond motifs is 2. The highest BCUT2D eigenvalue weighted by Crippen LogP contribution is 2.26. The summed E-state index contributed by atoms with van der Waals surface area (Å²) in [5.41, 5.74) is 4.78. The summed E-state index contributed by atoms with van der Waals surface area (Å²) < 4.78 is 8.85. The quantitative estimate of drug-likeness (QED) is 0.556. The number of pyridine rings is 2. The van der Waals surface area contributed by atoms with Crippen LogP contribution in [0.1, 0.15) is 5.56 Å². The molecule has 4 aromatic heterocycles. The van der Waals surface area contributed by atoms with Crippen LogP contribution in [0.3, 0.4) is 0 Å². The first kappa shape index (κ1) is 17.6. The van der Waals surface area contributed by atoms with Gasteiger partial charge < -0.3 is 19.5 Å². The molecule has 0 radical (unpaired) electrons. The highest BCUT2D eigenvalue weighted by atomic mass is 16.5. The fourth-order valence-corrected chi connectivity index (χ4v) is 3.53. The van der Waals surface area contributed by atoms with E-state index in [4.69, 9.17) is 9.72 Å². The highest BCUT2D eigenvalue weighted by Gasteiger charge is 2.18. The van der Waals surface area contributed by atoms with Gasteiger partial charge in [0.05, 0.1) is 36.3 Å². The Balaban J connectivity index is 1.60. The van der Waals surface area contributed by atoms with E-state index in [9.17, 15) is 4.79 Å². The molecule has 1 fully saturated rings. The SMILES string of the molecule is Cc1cc2nncn2cc1Nc1ncc2c(n1)c(N1CCOCC1)cc(=O)n2C. The van der Waals surface area contributed by atoms with Crippen LogP contribution in [0.5, 0.6) is 0 Å². The molecule has 1 aliphatic rings. The molecule has 148 valence electrons. The number of morpholine rings is 1. The molecule has 0 saturated carbocycles. The molecule has 0 amide bonds. The van der Waals surface area contributed by atoms with Crippen LogP contribution in [-0.4, -0.2) is 55.4 Å². The van der Waals surface area contributed by atoms with E-state index in [0.717, 1.165) is 41.2 Å². The monoisotopic (exact) mass is 392 g/mol. The van der Waals surface area contributed by atoms with Crippen molar-refractivity contribution in [2.75, 3.05) is 36.5 Å².